The molecule has 1 atom stereocenters. The van der Waals surface area contributed by atoms with Gasteiger partial charge >= 0.3 is 0 Å². The SMILES string of the molecule is CCCc1cccc(C(O)c2cccc(OCC)c2)c1. The maximum Gasteiger partial charge on any atom is 0.119 e. The van der Waals surface area contributed by atoms with Crippen LogP contribution in [0, 0.1) is 0 Å². The minimum absolute atomic E-state index is 0.604. The Hall–Kier alpha value is -1.80. The minimum Gasteiger partial charge on any atom is -0.494 e. The van der Waals surface area contributed by atoms with E-state index < -0.39 is 6.10 Å². The van der Waals surface area contributed by atoms with Gasteiger partial charge in [0.1, 0.15) is 11.9 Å². The van der Waals surface area contributed by atoms with Crippen LogP contribution in [0.1, 0.15) is 43.1 Å². The van der Waals surface area contributed by atoms with Crippen molar-refractivity contribution in [1.82, 2.24) is 0 Å². The topological polar surface area (TPSA) is 29.5 Å². The summed E-state index contributed by atoms with van der Waals surface area (Å²) in [5, 5.41) is 10.5. The Morgan fingerprint density at radius 2 is 1.70 bits per heavy atom. The Balaban J connectivity index is 2.23. The highest BCUT2D eigenvalue weighted by Crippen LogP contribution is 2.26. The van der Waals surface area contributed by atoms with E-state index in [1.807, 2.05) is 43.3 Å². The van der Waals surface area contributed by atoms with Crippen molar-refractivity contribution in [3.05, 3.63) is 65.2 Å². The average molecular weight is 270 g/mol. The first-order valence-corrected chi connectivity index (χ1v) is 7.24. The molecule has 1 unspecified atom stereocenters. The zero-order valence-electron chi connectivity index (χ0n) is 12.2. The zero-order chi connectivity index (χ0) is 14.4. The standard InChI is InChI=1S/C18H22O2/c1-3-7-14-8-5-9-15(12-14)18(19)16-10-6-11-17(13-16)20-4-2/h5-6,8-13,18-19H,3-4,7H2,1-2H3. The molecule has 0 saturated heterocycles. The summed E-state index contributed by atoms with van der Waals surface area (Å²) in [6.07, 6.45) is 1.55. The maximum absolute atomic E-state index is 10.5. The van der Waals surface area contributed by atoms with Gasteiger partial charge in [0.25, 0.3) is 0 Å². The lowest BCUT2D eigenvalue weighted by atomic mass is 9.98. The average Bonchev–Trinajstić information content (AvgIpc) is 2.48. The molecule has 0 heterocycles. The van der Waals surface area contributed by atoms with Crippen molar-refractivity contribution < 1.29 is 9.84 Å². The van der Waals surface area contributed by atoms with Crippen LogP contribution in [0.25, 0.3) is 0 Å². The number of hydrogen-bond acceptors (Lipinski definition) is 2. The van der Waals surface area contributed by atoms with Gasteiger partial charge in [-0.05, 0) is 42.2 Å². The third-order valence-electron chi connectivity index (χ3n) is 3.29. The number of aliphatic hydroxyl groups is 1. The van der Waals surface area contributed by atoms with Gasteiger partial charge in [0, 0.05) is 0 Å². The largest absolute Gasteiger partial charge is 0.494 e. The molecule has 0 aliphatic carbocycles. The lowest BCUT2D eigenvalue weighted by molar-refractivity contribution is 0.219. The van der Waals surface area contributed by atoms with E-state index in [1.165, 1.54) is 5.56 Å². The monoisotopic (exact) mass is 270 g/mol. The number of aryl methyl sites for hydroxylation is 1. The first kappa shape index (κ1) is 14.6. The van der Waals surface area contributed by atoms with Gasteiger partial charge in [0.2, 0.25) is 0 Å². The van der Waals surface area contributed by atoms with Crippen LogP contribution >= 0.6 is 0 Å². The van der Waals surface area contributed by atoms with Crippen molar-refractivity contribution in [3.63, 3.8) is 0 Å². The van der Waals surface area contributed by atoms with Crippen LogP contribution in [0.2, 0.25) is 0 Å². The van der Waals surface area contributed by atoms with Gasteiger partial charge in [0.15, 0.2) is 0 Å². The third-order valence-corrected chi connectivity index (χ3v) is 3.29. The molecule has 106 valence electrons. The highest BCUT2D eigenvalue weighted by molar-refractivity contribution is 5.36. The normalized spacial score (nSPS) is 12.2. The van der Waals surface area contributed by atoms with Gasteiger partial charge in [-0.15, -0.1) is 0 Å². The highest BCUT2D eigenvalue weighted by atomic mass is 16.5. The molecule has 2 aromatic carbocycles. The van der Waals surface area contributed by atoms with E-state index in [2.05, 4.69) is 19.1 Å². The maximum atomic E-state index is 10.5. The number of rotatable bonds is 6. The van der Waals surface area contributed by atoms with Gasteiger partial charge in [-0.25, -0.2) is 0 Å². The van der Waals surface area contributed by atoms with Crippen molar-refractivity contribution in [2.24, 2.45) is 0 Å². The van der Waals surface area contributed by atoms with E-state index in [0.29, 0.717) is 6.61 Å². The molecule has 0 aliphatic heterocycles. The Bertz CT molecular complexity index is 499. The number of ether oxygens (including phenoxy) is 1. The Morgan fingerprint density at radius 3 is 2.40 bits per heavy atom. The Morgan fingerprint density at radius 1 is 1.00 bits per heavy atom. The molecule has 2 aromatic rings. The molecule has 0 amide bonds. The molecular formula is C18H22O2. The van der Waals surface area contributed by atoms with Crippen LogP contribution in [-0.4, -0.2) is 11.7 Å². The second-order valence-corrected chi connectivity index (χ2v) is 4.90. The first-order valence-electron chi connectivity index (χ1n) is 7.24. The molecule has 0 aromatic heterocycles. The summed E-state index contributed by atoms with van der Waals surface area (Å²) in [5.74, 6) is 0.800. The van der Waals surface area contributed by atoms with E-state index in [4.69, 9.17) is 4.74 Å². The molecule has 0 radical (unpaired) electrons. The summed E-state index contributed by atoms with van der Waals surface area (Å²) in [4.78, 5) is 0. The van der Waals surface area contributed by atoms with E-state index in [-0.39, 0.29) is 0 Å². The van der Waals surface area contributed by atoms with E-state index in [1.54, 1.807) is 0 Å². The summed E-state index contributed by atoms with van der Waals surface area (Å²) >= 11 is 0. The van der Waals surface area contributed by atoms with Crippen molar-refractivity contribution in [1.29, 1.82) is 0 Å². The molecule has 0 spiro atoms. The summed E-state index contributed by atoms with van der Waals surface area (Å²) in [6, 6.07) is 15.8. The van der Waals surface area contributed by atoms with Crippen molar-refractivity contribution in [3.8, 4) is 5.75 Å². The minimum atomic E-state index is -0.604. The van der Waals surface area contributed by atoms with E-state index in [0.717, 1.165) is 29.7 Å². The number of aliphatic hydroxyl groups excluding tert-OH is 1. The van der Waals surface area contributed by atoms with Gasteiger partial charge in [-0.3, -0.25) is 0 Å². The van der Waals surface area contributed by atoms with Crippen LogP contribution in [0.3, 0.4) is 0 Å². The van der Waals surface area contributed by atoms with Crippen molar-refractivity contribution in [2.75, 3.05) is 6.61 Å². The predicted octanol–water partition coefficient (Wildman–Crippen LogP) is 4.12. The smallest absolute Gasteiger partial charge is 0.119 e. The fourth-order valence-electron chi connectivity index (χ4n) is 2.34. The number of benzene rings is 2. The molecular weight excluding hydrogens is 248 g/mol. The summed E-state index contributed by atoms with van der Waals surface area (Å²) < 4.78 is 5.48. The second kappa shape index (κ2) is 7.11. The fraction of sp³-hybridized carbons (Fsp3) is 0.333. The van der Waals surface area contributed by atoms with Crippen LogP contribution in [0.4, 0.5) is 0 Å². The van der Waals surface area contributed by atoms with Crippen molar-refractivity contribution in [2.45, 2.75) is 32.8 Å². The summed E-state index contributed by atoms with van der Waals surface area (Å²) in [7, 11) is 0. The molecule has 2 nitrogen and oxygen atoms in total. The van der Waals surface area contributed by atoms with Crippen molar-refractivity contribution >= 4 is 0 Å². The lowest BCUT2D eigenvalue weighted by Gasteiger charge is -2.14. The molecule has 2 heteroatoms. The lowest BCUT2D eigenvalue weighted by Crippen LogP contribution is -2.01. The second-order valence-electron chi connectivity index (χ2n) is 4.90. The molecule has 20 heavy (non-hydrogen) atoms. The first-order chi connectivity index (χ1) is 9.74. The quantitative estimate of drug-likeness (QED) is 0.855. The molecule has 1 N–H and O–H groups in total. The van der Waals surface area contributed by atoms with Gasteiger partial charge in [-0.1, -0.05) is 49.7 Å². The zero-order valence-corrected chi connectivity index (χ0v) is 12.2. The molecule has 0 bridgehead atoms. The van der Waals surface area contributed by atoms with Crippen LogP contribution < -0.4 is 4.74 Å². The number of hydrogen-bond donors (Lipinski definition) is 1. The van der Waals surface area contributed by atoms with Gasteiger partial charge in [0.05, 0.1) is 6.61 Å². The van der Waals surface area contributed by atoms with Gasteiger partial charge < -0.3 is 9.84 Å². The van der Waals surface area contributed by atoms with Gasteiger partial charge in [-0.2, -0.15) is 0 Å². The summed E-state index contributed by atoms with van der Waals surface area (Å²) in [6.45, 7) is 4.75. The van der Waals surface area contributed by atoms with E-state index >= 15 is 0 Å². The van der Waals surface area contributed by atoms with E-state index in [9.17, 15) is 5.11 Å². The Labute approximate surface area is 121 Å². The predicted molar refractivity (Wildman–Crippen MR) is 82.1 cm³/mol. The molecule has 0 aliphatic rings. The molecule has 0 fully saturated rings. The highest BCUT2D eigenvalue weighted by Gasteiger charge is 2.11. The fourth-order valence-corrected chi connectivity index (χ4v) is 2.34. The molecule has 2 rings (SSSR count). The summed E-state index contributed by atoms with van der Waals surface area (Å²) in [5.41, 5.74) is 3.07. The third kappa shape index (κ3) is 3.61. The Kier molecular flexibility index (Phi) is 5.19. The molecule has 0 saturated carbocycles. The van der Waals surface area contributed by atoms with Crippen LogP contribution in [0.5, 0.6) is 5.75 Å². The van der Waals surface area contributed by atoms with Crippen LogP contribution in [-0.2, 0) is 6.42 Å². The van der Waals surface area contributed by atoms with Crippen LogP contribution in [0.15, 0.2) is 48.5 Å².